The lowest BCUT2D eigenvalue weighted by molar-refractivity contribution is -0.192. The Bertz CT molecular complexity index is 496. The molecule has 23 heavy (non-hydrogen) atoms. The minimum Gasteiger partial charge on any atom is -0.475 e. The first kappa shape index (κ1) is 19.1. The van der Waals surface area contributed by atoms with Gasteiger partial charge >= 0.3 is 12.1 Å². The van der Waals surface area contributed by atoms with Crippen molar-refractivity contribution in [3.05, 3.63) is 24.5 Å². The van der Waals surface area contributed by atoms with Crippen molar-refractivity contribution in [3.8, 4) is 0 Å². The first-order valence-electron chi connectivity index (χ1n) is 6.65. The van der Waals surface area contributed by atoms with Crippen LogP contribution >= 0.6 is 0 Å². The fourth-order valence-corrected chi connectivity index (χ4v) is 1.85. The fourth-order valence-electron chi connectivity index (χ4n) is 1.85. The smallest absolute Gasteiger partial charge is 0.475 e. The number of alkyl halides is 5. The second-order valence-electron chi connectivity index (χ2n) is 4.84. The van der Waals surface area contributed by atoms with E-state index in [1.807, 2.05) is 0 Å². The Labute approximate surface area is 128 Å². The van der Waals surface area contributed by atoms with Gasteiger partial charge in [-0.25, -0.2) is 13.6 Å². The van der Waals surface area contributed by atoms with Crippen LogP contribution in [0.1, 0.15) is 6.42 Å². The number of carboxylic acids is 1. The van der Waals surface area contributed by atoms with Crippen LogP contribution in [-0.2, 0) is 4.79 Å². The van der Waals surface area contributed by atoms with E-state index in [1.165, 1.54) is 0 Å². The van der Waals surface area contributed by atoms with Crippen molar-refractivity contribution in [2.75, 3.05) is 25.0 Å². The molecule has 0 unspecified atom stereocenters. The van der Waals surface area contributed by atoms with Crippen molar-refractivity contribution >= 4 is 11.7 Å². The Hall–Kier alpha value is -1.97. The molecule has 0 aliphatic carbocycles. The van der Waals surface area contributed by atoms with Crippen LogP contribution in [0.15, 0.2) is 24.5 Å². The van der Waals surface area contributed by atoms with E-state index in [2.05, 4.69) is 15.6 Å². The highest BCUT2D eigenvalue weighted by Gasteiger charge is 2.41. The van der Waals surface area contributed by atoms with Crippen molar-refractivity contribution < 1.29 is 31.9 Å². The van der Waals surface area contributed by atoms with Crippen molar-refractivity contribution in [1.29, 1.82) is 0 Å². The highest BCUT2D eigenvalue weighted by molar-refractivity contribution is 5.73. The largest absolute Gasteiger partial charge is 0.490 e. The van der Waals surface area contributed by atoms with Crippen molar-refractivity contribution in [2.45, 2.75) is 18.5 Å². The van der Waals surface area contributed by atoms with Crippen LogP contribution in [-0.4, -0.2) is 47.8 Å². The molecule has 2 heterocycles. The van der Waals surface area contributed by atoms with Crippen LogP contribution in [0.4, 0.5) is 27.6 Å². The molecule has 1 aliphatic rings. The van der Waals surface area contributed by atoms with E-state index < -0.39 is 24.0 Å². The number of nitrogens with one attached hydrogen (secondary N) is 2. The van der Waals surface area contributed by atoms with Gasteiger partial charge in [0.1, 0.15) is 0 Å². The van der Waals surface area contributed by atoms with Crippen molar-refractivity contribution in [3.63, 3.8) is 0 Å². The van der Waals surface area contributed by atoms with Crippen LogP contribution in [0.3, 0.4) is 0 Å². The molecule has 0 amide bonds. The van der Waals surface area contributed by atoms with E-state index in [0.717, 1.165) is 5.69 Å². The Morgan fingerprint density at radius 1 is 1.39 bits per heavy atom. The Kier molecular flexibility index (Phi) is 6.67. The molecular weight excluding hydrogens is 325 g/mol. The summed E-state index contributed by atoms with van der Waals surface area (Å²) in [6.07, 6.45) is -1.29. The number of rotatable bonds is 3. The predicted molar refractivity (Wildman–Crippen MR) is 72.3 cm³/mol. The molecular formula is C13H16F5N3O2. The second-order valence-corrected chi connectivity index (χ2v) is 4.84. The zero-order valence-corrected chi connectivity index (χ0v) is 11.9. The third-order valence-corrected chi connectivity index (χ3v) is 3.10. The molecule has 1 aliphatic heterocycles. The number of piperidine rings is 1. The molecule has 0 radical (unpaired) electrons. The molecule has 10 heteroatoms. The SMILES string of the molecule is FC1(F)CNCC[C@@H]1CNc1ccncc1.O=C(O)C(F)(F)F. The average molecular weight is 341 g/mol. The van der Waals surface area contributed by atoms with Gasteiger partial charge in [-0.1, -0.05) is 0 Å². The van der Waals surface area contributed by atoms with E-state index in [0.29, 0.717) is 19.5 Å². The van der Waals surface area contributed by atoms with E-state index >= 15 is 0 Å². The number of aliphatic carboxylic acids is 1. The van der Waals surface area contributed by atoms with Crippen LogP contribution in [0.2, 0.25) is 0 Å². The summed E-state index contributed by atoms with van der Waals surface area (Å²) in [7, 11) is 0. The molecule has 5 nitrogen and oxygen atoms in total. The summed E-state index contributed by atoms with van der Waals surface area (Å²) in [5, 5.41) is 12.9. The van der Waals surface area contributed by atoms with Gasteiger partial charge in [-0.2, -0.15) is 13.2 Å². The molecule has 1 aromatic rings. The highest BCUT2D eigenvalue weighted by Crippen LogP contribution is 2.29. The quantitative estimate of drug-likeness (QED) is 0.736. The normalized spacial score (nSPS) is 20.1. The molecule has 1 saturated heterocycles. The number of carbonyl (C=O) groups is 1. The van der Waals surface area contributed by atoms with Gasteiger partial charge in [-0.3, -0.25) is 4.98 Å². The fraction of sp³-hybridized carbons (Fsp3) is 0.538. The van der Waals surface area contributed by atoms with Crippen LogP contribution in [0.25, 0.3) is 0 Å². The highest BCUT2D eigenvalue weighted by atomic mass is 19.4. The number of nitrogens with zero attached hydrogens (tertiary/aromatic N) is 1. The number of pyridine rings is 1. The second kappa shape index (κ2) is 8.04. The van der Waals surface area contributed by atoms with E-state index in [1.54, 1.807) is 24.5 Å². The van der Waals surface area contributed by atoms with Gasteiger partial charge in [-0.15, -0.1) is 0 Å². The molecule has 1 fully saturated rings. The first-order chi connectivity index (χ1) is 10.6. The Balaban J connectivity index is 0.000000322. The van der Waals surface area contributed by atoms with Gasteiger partial charge in [0.25, 0.3) is 5.92 Å². The molecule has 0 bridgehead atoms. The van der Waals surface area contributed by atoms with E-state index in [9.17, 15) is 22.0 Å². The Morgan fingerprint density at radius 2 is 1.96 bits per heavy atom. The number of aromatic nitrogens is 1. The minimum atomic E-state index is -5.08. The summed E-state index contributed by atoms with van der Waals surface area (Å²) >= 11 is 0. The van der Waals surface area contributed by atoms with Gasteiger partial charge in [0.15, 0.2) is 0 Å². The van der Waals surface area contributed by atoms with Gasteiger partial charge in [0.2, 0.25) is 0 Å². The number of halogens is 5. The maximum Gasteiger partial charge on any atom is 0.490 e. The predicted octanol–water partition coefficient (Wildman–Crippen LogP) is 2.37. The lowest BCUT2D eigenvalue weighted by Gasteiger charge is -2.32. The molecule has 0 spiro atoms. The molecule has 2 rings (SSSR count). The molecule has 3 N–H and O–H groups in total. The van der Waals surface area contributed by atoms with Crippen LogP contribution in [0.5, 0.6) is 0 Å². The lowest BCUT2D eigenvalue weighted by atomic mass is 9.94. The summed E-state index contributed by atoms with van der Waals surface area (Å²) in [6.45, 7) is 0.757. The zero-order valence-electron chi connectivity index (χ0n) is 11.9. The minimum absolute atomic E-state index is 0.213. The third kappa shape index (κ3) is 6.76. The van der Waals surface area contributed by atoms with E-state index in [-0.39, 0.29) is 6.54 Å². The lowest BCUT2D eigenvalue weighted by Crippen LogP contribution is -2.48. The third-order valence-electron chi connectivity index (χ3n) is 3.10. The monoisotopic (exact) mass is 341 g/mol. The molecule has 130 valence electrons. The van der Waals surface area contributed by atoms with Crippen molar-refractivity contribution in [1.82, 2.24) is 10.3 Å². The number of hydrogen-bond donors (Lipinski definition) is 3. The molecule has 1 aromatic heterocycles. The number of anilines is 1. The number of hydrogen-bond acceptors (Lipinski definition) is 4. The van der Waals surface area contributed by atoms with Crippen LogP contribution in [0, 0.1) is 5.92 Å². The molecule has 0 saturated carbocycles. The van der Waals surface area contributed by atoms with E-state index in [4.69, 9.17) is 9.90 Å². The summed E-state index contributed by atoms with van der Waals surface area (Å²) in [6, 6.07) is 3.55. The summed E-state index contributed by atoms with van der Waals surface area (Å²) in [5.74, 6) is -5.97. The summed E-state index contributed by atoms with van der Waals surface area (Å²) in [4.78, 5) is 12.8. The molecule has 1 atom stereocenters. The van der Waals surface area contributed by atoms with Gasteiger partial charge in [0.05, 0.1) is 6.54 Å². The Morgan fingerprint density at radius 3 is 2.43 bits per heavy atom. The number of carboxylic acid groups (broad SMARTS) is 1. The summed E-state index contributed by atoms with van der Waals surface area (Å²) in [5.41, 5.74) is 0.837. The summed E-state index contributed by atoms with van der Waals surface area (Å²) < 4.78 is 58.6. The molecule has 0 aromatic carbocycles. The van der Waals surface area contributed by atoms with Gasteiger partial charge in [0, 0.05) is 30.5 Å². The topological polar surface area (TPSA) is 74.2 Å². The maximum absolute atomic E-state index is 13.5. The van der Waals surface area contributed by atoms with Gasteiger partial charge < -0.3 is 15.7 Å². The maximum atomic E-state index is 13.5. The zero-order chi connectivity index (χ0) is 17.5. The van der Waals surface area contributed by atoms with Crippen LogP contribution < -0.4 is 10.6 Å². The average Bonchev–Trinajstić information content (AvgIpc) is 2.46. The van der Waals surface area contributed by atoms with Gasteiger partial charge in [-0.05, 0) is 25.1 Å². The standard InChI is InChI=1S/C11H15F2N3.C2HF3O2/c12-11(13)8-15-4-1-9(11)7-16-10-2-5-14-6-3-10;3-2(4,5)1(6)7/h2-3,5-6,9,15H,1,4,7-8H2,(H,14,16);(H,6,7)/t9-;/m1./s1. The first-order valence-corrected chi connectivity index (χ1v) is 6.65. The van der Waals surface area contributed by atoms with Crippen molar-refractivity contribution in [2.24, 2.45) is 5.92 Å².